The van der Waals surface area contributed by atoms with Gasteiger partial charge in [0.2, 0.25) is 0 Å². The summed E-state index contributed by atoms with van der Waals surface area (Å²) in [6.07, 6.45) is 1.72. The van der Waals surface area contributed by atoms with Crippen LogP contribution in [0.3, 0.4) is 0 Å². The van der Waals surface area contributed by atoms with E-state index in [0.717, 1.165) is 5.01 Å². The Kier molecular flexibility index (Phi) is 1.95. The van der Waals surface area contributed by atoms with Gasteiger partial charge in [0.25, 0.3) is 0 Å². The second-order valence-corrected chi connectivity index (χ2v) is 2.89. The van der Waals surface area contributed by atoms with Gasteiger partial charge in [0.15, 0.2) is 0 Å². The molecule has 62 valence electrons. The second kappa shape index (κ2) is 3.26. The van der Waals surface area contributed by atoms with Crippen LogP contribution < -0.4 is 4.74 Å². The average Bonchev–Trinajstić information content (AvgIpc) is 2.74. The molecule has 0 aliphatic rings. The summed E-state index contributed by atoms with van der Waals surface area (Å²) in [5.41, 5.74) is 0. The lowest BCUT2D eigenvalue weighted by atomic mass is 10.7. The van der Waals surface area contributed by atoms with E-state index in [0.29, 0.717) is 6.61 Å². The Morgan fingerprint density at radius 1 is 1.58 bits per heavy atom. The van der Waals surface area contributed by atoms with Crippen molar-refractivity contribution in [2.75, 3.05) is 0 Å². The van der Waals surface area contributed by atoms with Crippen molar-refractivity contribution >= 4 is 11.3 Å². The number of aromatic nitrogens is 5. The maximum Gasteiger partial charge on any atom is 0.356 e. The van der Waals surface area contributed by atoms with Gasteiger partial charge in [0.05, 0.1) is 0 Å². The Bertz CT molecular complexity index is 283. The van der Waals surface area contributed by atoms with Gasteiger partial charge < -0.3 is 4.74 Å². The number of nitrogens with one attached hydrogen (secondary N) is 1. The molecule has 0 aromatic carbocycles. The van der Waals surface area contributed by atoms with Crippen LogP contribution in [-0.2, 0) is 6.61 Å². The zero-order chi connectivity index (χ0) is 8.23. The maximum atomic E-state index is 5.12. The fraction of sp³-hybridized carbons (Fsp3) is 0.200. The summed E-state index contributed by atoms with van der Waals surface area (Å²) >= 11 is 1.52. The van der Waals surface area contributed by atoms with Crippen LogP contribution in [0, 0.1) is 0 Å². The van der Waals surface area contributed by atoms with Crippen molar-refractivity contribution in [1.82, 2.24) is 25.6 Å². The molecule has 0 bridgehead atoms. The minimum Gasteiger partial charge on any atom is -0.454 e. The highest BCUT2D eigenvalue weighted by Gasteiger charge is 2.00. The number of hydrogen-bond donors (Lipinski definition) is 1. The van der Waals surface area contributed by atoms with Crippen LogP contribution in [0.1, 0.15) is 5.01 Å². The first-order valence-electron chi connectivity index (χ1n) is 3.20. The predicted molar refractivity (Wildman–Crippen MR) is 40.6 cm³/mol. The molecular weight excluding hydrogens is 178 g/mol. The molecular formula is C5H5N5OS. The largest absolute Gasteiger partial charge is 0.454 e. The summed E-state index contributed by atoms with van der Waals surface area (Å²) in [5.74, 6) is 0. The molecule has 2 rings (SSSR count). The summed E-state index contributed by atoms with van der Waals surface area (Å²) in [7, 11) is 0. The molecule has 0 fully saturated rings. The molecule has 0 radical (unpaired) electrons. The Hall–Kier alpha value is -1.50. The number of H-pyrrole nitrogens is 1. The van der Waals surface area contributed by atoms with Gasteiger partial charge in [-0.05, 0) is 5.21 Å². The van der Waals surface area contributed by atoms with Gasteiger partial charge in [-0.2, -0.15) is 5.21 Å². The van der Waals surface area contributed by atoms with E-state index < -0.39 is 0 Å². The van der Waals surface area contributed by atoms with Crippen molar-refractivity contribution in [2.45, 2.75) is 6.61 Å². The molecule has 1 N–H and O–H groups in total. The van der Waals surface area contributed by atoms with Gasteiger partial charge in [0.1, 0.15) is 11.6 Å². The van der Waals surface area contributed by atoms with E-state index in [1.807, 2.05) is 5.38 Å². The van der Waals surface area contributed by atoms with Crippen LogP contribution in [0.5, 0.6) is 6.01 Å². The van der Waals surface area contributed by atoms with Crippen LogP contribution >= 0.6 is 11.3 Å². The van der Waals surface area contributed by atoms with Gasteiger partial charge in [-0.3, -0.25) is 0 Å². The van der Waals surface area contributed by atoms with E-state index >= 15 is 0 Å². The van der Waals surface area contributed by atoms with Crippen molar-refractivity contribution in [3.05, 3.63) is 16.6 Å². The van der Waals surface area contributed by atoms with E-state index in [1.165, 1.54) is 11.3 Å². The molecule has 7 heteroatoms. The lowest BCUT2D eigenvalue weighted by Crippen LogP contribution is -1.95. The summed E-state index contributed by atoms with van der Waals surface area (Å²) < 4.78 is 5.12. The normalized spacial score (nSPS) is 10.0. The average molecular weight is 183 g/mol. The smallest absolute Gasteiger partial charge is 0.356 e. The van der Waals surface area contributed by atoms with E-state index in [1.54, 1.807) is 6.20 Å². The van der Waals surface area contributed by atoms with Gasteiger partial charge in [-0.1, -0.05) is 10.2 Å². The molecule has 2 aromatic heterocycles. The predicted octanol–water partition coefficient (Wildman–Crippen LogP) is 0.235. The van der Waals surface area contributed by atoms with Crippen molar-refractivity contribution in [3.8, 4) is 6.01 Å². The van der Waals surface area contributed by atoms with Crippen molar-refractivity contribution < 1.29 is 4.74 Å². The molecule has 0 saturated heterocycles. The number of ether oxygens (including phenoxy) is 1. The third kappa shape index (κ3) is 1.56. The van der Waals surface area contributed by atoms with Crippen molar-refractivity contribution in [3.63, 3.8) is 0 Å². The summed E-state index contributed by atoms with van der Waals surface area (Å²) in [4.78, 5) is 4.02. The van der Waals surface area contributed by atoms with Crippen LogP contribution in [0.4, 0.5) is 0 Å². The Morgan fingerprint density at radius 3 is 3.25 bits per heavy atom. The van der Waals surface area contributed by atoms with Crippen LogP contribution in [0.25, 0.3) is 0 Å². The molecule has 12 heavy (non-hydrogen) atoms. The first kappa shape index (κ1) is 7.17. The highest BCUT2D eigenvalue weighted by molar-refractivity contribution is 7.09. The fourth-order valence-corrected chi connectivity index (χ4v) is 1.19. The van der Waals surface area contributed by atoms with E-state index in [4.69, 9.17) is 4.74 Å². The summed E-state index contributed by atoms with van der Waals surface area (Å²) in [6.45, 7) is 0.386. The monoisotopic (exact) mass is 183 g/mol. The van der Waals surface area contributed by atoms with E-state index in [2.05, 4.69) is 25.6 Å². The fourth-order valence-electron chi connectivity index (χ4n) is 0.664. The van der Waals surface area contributed by atoms with Crippen LogP contribution in [0.15, 0.2) is 11.6 Å². The van der Waals surface area contributed by atoms with Gasteiger partial charge in [0, 0.05) is 11.6 Å². The number of rotatable bonds is 3. The maximum absolute atomic E-state index is 5.12. The first-order valence-corrected chi connectivity index (χ1v) is 4.08. The highest BCUT2D eigenvalue weighted by atomic mass is 32.1. The molecule has 0 amide bonds. The summed E-state index contributed by atoms with van der Waals surface area (Å²) in [6, 6.07) is 0.241. The topological polar surface area (TPSA) is 76.6 Å². The zero-order valence-electron chi connectivity index (χ0n) is 5.97. The van der Waals surface area contributed by atoms with Crippen LogP contribution in [-0.4, -0.2) is 25.6 Å². The second-order valence-electron chi connectivity index (χ2n) is 1.91. The SMILES string of the molecule is c1csc(COc2nn[nH]n2)n1. The Labute approximate surface area is 71.6 Å². The van der Waals surface area contributed by atoms with Gasteiger partial charge in [-0.25, -0.2) is 4.98 Å². The quantitative estimate of drug-likeness (QED) is 0.737. The van der Waals surface area contributed by atoms with Gasteiger partial charge >= 0.3 is 6.01 Å². The first-order chi connectivity index (χ1) is 5.95. The van der Waals surface area contributed by atoms with E-state index in [9.17, 15) is 0 Å². The lowest BCUT2D eigenvalue weighted by Gasteiger charge is -1.94. The van der Waals surface area contributed by atoms with E-state index in [-0.39, 0.29) is 6.01 Å². The molecule has 2 heterocycles. The Morgan fingerprint density at radius 2 is 2.58 bits per heavy atom. The minimum atomic E-state index is 0.241. The number of thiazole rings is 1. The number of aromatic amines is 1. The molecule has 2 aromatic rings. The van der Waals surface area contributed by atoms with Crippen LogP contribution in [0.2, 0.25) is 0 Å². The number of tetrazole rings is 1. The molecule has 0 aliphatic heterocycles. The third-order valence-corrected chi connectivity index (χ3v) is 1.89. The minimum absolute atomic E-state index is 0.241. The highest BCUT2D eigenvalue weighted by Crippen LogP contribution is 2.06. The molecule has 0 spiro atoms. The van der Waals surface area contributed by atoms with Gasteiger partial charge in [-0.15, -0.1) is 11.3 Å². The third-order valence-electron chi connectivity index (χ3n) is 1.13. The lowest BCUT2D eigenvalue weighted by molar-refractivity contribution is 0.280. The number of hydrogen-bond acceptors (Lipinski definition) is 6. The molecule has 0 saturated carbocycles. The Balaban J connectivity index is 1.91. The molecule has 0 unspecified atom stereocenters. The molecule has 6 nitrogen and oxygen atoms in total. The standard InChI is InChI=1S/C5H5N5OS/c1-2-12-4(6-1)3-11-5-7-9-10-8-5/h1-2H,3H2,(H,7,8,9,10). The zero-order valence-corrected chi connectivity index (χ0v) is 6.78. The number of nitrogens with zero attached hydrogens (tertiary/aromatic N) is 4. The summed E-state index contributed by atoms with van der Waals surface area (Å²) in [5, 5.41) is 15.6. The molecule has 0 aliphatic carbocycles. The van der Waals surface area contributed by atoms with Crippen molar-refractivity contribution in [2.24, 2.45) is 0 Å². The molecule has 0 atom stereocenters. The van der Waals surface area contributed by atoms with Crippen molar-refractivity contribution in [1.29, 1.82) is 0 Å².